The van der Waals surface area contributed by atoms with Gasteiger partial charge in [-0.1, -0.05) is 13.3 Å². The minimum absolute atomic E-state index is 0.0821. The van der Waals surface area contributed by atoms with Crippen LogP contribution in [-0.4, -0.2) is 17.6 Å². The lowest BCUT2D eigenvalue weighted by Crippen LogP contribution is -2.36. The van der Waals surface area contributed by atoms with E-state index in [9.17, 15) is 0 Å². The zero-order chi connectivity index (χ0) is 13.9. The molecule has 19 heavy (non-hydrogen) atoms. The Kier molecular flexibility index (Phi) is 4.17. The molecule has 4 heteroatoms. The molecule has 0 amide bonds. The van der Waals surface area contributed by atoms with E-state index in [1.165, 1.54) is 25.7 Å². The van der Waals surface area contributed by atoms with Crippen LogP contribution in [0.2, 0.25) is 0 Å². The van der Waals surface area contributed by atoms with Gasteiger partial charge >= 0.3 is 0 Å². The van der Waals surface area contributed by atoms with Gasteiger partial charge < -0.3 is 15.8 Å². The first-order valence-electron chi connectivity index (χ1n) is 7.22. The molecule has 0 radical (unpaired) electrons. The SMILES string of the molecule is CCC1(CNc2ccc(N)c(OC(C)C)n2)CCC1. The largest absolute Gasteiger partial charge is 0.473 e. The highest BCUT2D eigenvalue weighted by molar-refractivity contribution is 5.53. The second-order valence-corrected chi connectivity index (χ2v) is 5.82. The van der Waals surface area contributed by atoms with Crippen molar-refractivity contribution in [3.63, 3.8) is 0 Å². The highest BCUT2D eigenvalue weighted by Crippen LogP contribution is 2.43. The summed E-state index contributed by atoms with van der Waals surface area (Å²) < 4.78 is 5.61. The van der Waals surface area contributed by atoms with Crippen molar-refractivity contribution in [1.29, 1.82) is 0 Å². The van der Waals surface area contributed by atoms with Gasteiger partial charge in [0, 0.05) is 6.54 Å². The molecule has 0 bridgehead atoms. The third kappa shape index (κ3) is 3.31. The van der Waals surface area contributed by atoms with E-state index in [1.807, 2.05) is 26.0 Å². The summed E-state index contributed by atoms with van der Waals surface area (Å²) in [6, 6.07) is 3.77. The number of ether oxygens (including phenoxy) is 1. The first-order valence-corrected chi connectivity index (χ1v) is 7.22. The van der Waals surface area contributed by atoms with Gasteiger partial charge in [0.05, 0.1) is 11.8 Å². The lowest BCUT2D eigenvalue weighted by atomic mass is 9.67. The number of hydrogen-bond donors (Lipinski definition) is 2. The zero-order valence-corrected chi connectivity index (χ0v) is 12.2. The lowest BCUT2D eigenvalue weighted by Gasteiger charge is -2.41. The molecule has 0 spiro atoms. The molecule has 0 atom stereocenters. The van der Waals surface area contributed by atoms with Crippen LogP contribution in [0.4, 0.5) is 11.5 Å². The summed E-state index contributed by atoms with van der Waals surface area (Å²) in [5.41, 5.74) is 6.93. The summed E-state index contributed by atoms with van der Waals surface area (Å²) in [6.45, 7) is 7.20. The van der Waals surface area contributed by atoms with Gasteiger partial charge in [-0.25, -0.2) is 0 Å². The topological polar surface area (TPSA) is 60.2 Å². The average molecular weight is 263 g/mol. The molecule has 1 aromatic rings. The molecule has 0 aromatic carbocycles. The Morgan fingerprint density at radius 1 is 1.42 bits per heavy atom. The fourth-order valence-corrected chi connectivity index (χ4v) is 2.48. The lowest BCUT2D eigenvalue weighted by molar-refractivity contribution is 0.145. The number of nitrogens with zero attached hydrogens (tertiary/aromatic N) is 1. The highest BCUT2D eigenvalue weighted by atomic mass is 16.5. The van der Waals surface area contributed by atoms with E-state index in [4.69, 9.17) is 10.5 Å². The van der Waals surface area contributed by atoms with E-state index in [0.29, 0.717) is 17.0 Å². The fourth-order valence-electron chi connectivity index (χ4n) is 2.48. The maximum absolute atomic E-state index is 5.87. The van der Waals surface area contributed by atoms with Gasteiger partial charge in [-0.3, -0.25) is 0 Å². The molecule has 1 aliphatic carbocycles. The Balaban J connectivity index is 2.00. The van der Waals surface area contributed by atoms with Crippen LogP contribution in [0.3, 0.4) is 0 Å². The molecule has 1 saturated carbocycles. The second kappa shape index (κ2) is 5.68. The van der Waals surface area contributed by atoms with Crippen LogP contribution in [0.25, 0.3) is 0 Å². The van der Waals surface area contributed by atoms with E-state index in [0.717, 1.165) is 12.4 Å². The van der Waals surface area contributed by atoms with E-state index in [2.05, 4.69) is 17.2 Å². The molecule has 1 heterocycles. The monoisotopic (exact) mass is 263 g/mol. The first kappa shape index (κ1) is 14.0. The van der Waals surface area contributed by atoms with Crippen LogP contribution in [0.1, 0.15) is 46.5 Å². The van der Waals surface area contributed by atoms with Crippen molar-refractivity contribution in [1.82, 2.24) is 4.98 Å². The van der Waals surface area contributed by atoms with Crippen LogP contribution in [0.5, 0.6) is 5.88 Å². The van der Waals surface area contributed by atoms with Crippen LogP contribution < -0.4 is 15.8 Å². The molecule has 106 valence electrons. The molecular formula is C15H25N3O. The van der Waals surface area contributed by atoms with Crippen molar-refractivity contribution in [3.05, 3.63) is 12.1 Å². The standard InChI is InChI=1S/C15H25N3O/c1-4-15(8-5-9-15)10-17-13-7-6-12(16)14(18-13)19-11(2)3/h6-7,11H,4-5,8-10,16H2,1-3H3,(H,17,18). The fraction of sp³-hybridized carbons (Fsp3) is 0.667. The Bertz CT molecular complexity index is 422. The maximum Gasteiger partial charge on any atom is 0.239 e. The quantitative estimate of drug-likeness (QED) is 0.825. The number of nitrogen functional groups attached to an aromatic ring is 1. The number of hydrogen-bond acceptors (Lipinski definition) is 4. The van der Waals surface area contributed by atoms with Gasteiger partial charge in [-0.15, -0.1) is 0 Å². The number of rotatable bonds is 6. The predicted molar refractivity (Wildman–Crippen MR) is 79.5 cm³/mol. The van der Waals surface area contributed by atoms with Gasteiger partial charge in [0.1, 0.15) is 5.82 Å². The summed E-state index contributed by atoms with van der Waals surface area (Å²) in [5, 5.41) is 3.43. The van der Waals surface area contributed by atoms with Crippen molar-refractivity contribution < 1.29 is 4.74 Å². The average Bonchev–Trinajstić information content (AvgIpc) is 2.31. The minimum Gasteiger partial charge on any atom is -0.473 e. The molecule has 0 saturated heterocycles. The predicted octanol–water partition coefficient (Wildman–Crippen LogP) is 3.44. The zero-order valence-electron chi connectivity index (χ0n) is 12.2. The van der Waals surface area contributed by atoms with Crippen molar-refractivity contribution in [3.8, 4) is 5.88 Å². The maximum atomic E-state index is 5.87. The van der Waals surface area contributed by atoms with Crippen molar-refractivity contribution >= 4 is 11.5 Å². The number of nitrogens with two attached hydrogens (primary N) is 1. The summed E-state index contributed by atoms with van der Waals surface area (Å²) in [6.07, 6.45) is 5.30. The van der Waals surface area contributed by atoms with Crippen LogP contribution in [0, 0.1) is 5.41 Å². The molecule has 4 nitrogen and oxygen atoms in total. The number of anilines is 2. The first-order chi connectivity index (χ1) is 9.04. The number of pyridine rings is 1. The molecule has 1 aliphatic rings. The number of aromatic nitrogens is 1. The van der Waals surface area contributed by atoms with Gasteiger partial charge in [0.25, 0.3) is 0 Å². The van der Waals surface area contributed by atoms with E-state index < -0.39 is 0 Å². The molecule has 2 rings (SSSR count). The second-order valence-electron chi connectivity index (χ2n) is 5.82. The molecular weight excluding hydrogens is 238 g/mol. The van der Waals surface area contributed by atoms with Gasteiger partial charge in [0.15, 0.2) is 0 Å². The highest BCUT2D eigenvalue weighted by Gasteiger charge is 2.34. The molecule has 0 aliphatic heterocycles. The Labute approximate surface area is 115 Å². The van der Waals surface area contributed by atoms with E-state index in [1.54, 1.807) is 0 Å². The van der Waals surface area contributed by atoms with E-state index >= 15 is 0 Å². The smallest absolute Gasteiger partial charge is 0.239 e. The summed E-state index contributed by atoms with van der Waals surface area (Å²) in [4.78, 5) is 4.45. The van der Waals surface area contributed by atoms with Gasteiger partial charge in [-0.05, 0) is 50.7 Å². The molecule has 1 aromatic heterocycles. The summed E-state index contributed by atoms with van der Waals surface area (Å²) >= 11 is 0. The molecule has 3 N–H and O–H groups in total. The molecule has 0 unspecified atom stereocenters. The third-order valence-corrected chi connectivity index (χ3v) is 4.05. The van der Waals surface area contributed by atoms with Crippen LogP contribution in [0.15, 0.2) is 12.1 Å². The minimum atomic E-state index is 0.0821. The third-order valence-electron chi connectivity index (χ3n) is 4.05. The Morgan fingerprint density at radius 2 is 2.16 bits per heavy atom. The number of nitrogens with one attached hydrogen (secondary N) is 1. The van der Waals surface area contributed by atoms with Crippen molar-refractivity contribution in [2.75, 3.05) is 17.6 Å². The normalized spacial score (nSPS) is 17.1. The Morgan fingerprint density at radius 3 is 2.68 bits per heavy atom. The van der Waals surface area contributed by atoms with Crippen molar-refractivity contribution in [2.24, 2.45) is 5.41 Å². The molecule has 1 fully saturated rings. The van der Waals surface area contributed by atoms with Crippen molar-refractivity contribution in [2.45, 2.75) is 52.6 Å². The van der Waals surface area contributed by atoms with E-state index in [-0.39, 0.29) is 6.10 Å². The summed E-state index contributed by atoms with van der Waals surface area (Å²) in [5.74, 6) is 1.38. The van der Waals surface area contributed by atoms with Crippen LogP contribution in [-0.2, 0) is 0 Å². The summed E-state index contributed by atoms with van der Waals surface area (Å²) in [7, 11) is 0. The Hall–Kier alpha value is -1.45. The van der Waals surface area contributed by atoms with Crippen LogP contribution >= 0.6 is 0 Å². The van der Waals surface area contributed by atoms with Gasteiger partial charge in [-0.2, -0.15) is 4.98 Å². The van der Waals surface area contributed by atoms with Gasteiger partial charge in [0.2, 0.25) is 5.88 Å².